The monoisotopic (exact) mass is 256 g/mol. The van der Waals surface area contributed by atoms with Crippen LogP contribution in [-0.2, 0) is 11.2 Å². The fraction of sp³-hybridized carbons (Fsp3) is 0.400. The Kier molecular flexibility index (Phi) is 2.73. The van der Waals surface area contributed by atoms with Crippen LogP contribution in [0.2, 0.25) is 0 Å². The van der Waals surface area contributed by atoms with Gasteiger partial charge in [-0.15, -0.1) is 0 Å². The minimum absolute atomic E-state index is 0.0608. The molecule has 0 fully saturated rings. The standard InChI is InChI=1S/C15H16N2O2/c1-9(2)14(18)12-7-8-13-16-11-6-4-3-5-10(11)15(19)17(12)13/h3-6,9,12H,7-8H2,1-2H3. The Hall–Kier alpha value is -1.97. The number of benzene rings is 1. The Morgan fingerprint density at radius 1 is 1.37 bits per heavy atom. The maximum Gasteiger partial charge on any atom is 0.262 e. The van der Waals surface area contributed by atoms with Crippen LogP contribution in [0, 0.1) is 5.92 Å². The van der Waals surface area contributed by atoms with E-state index in [2.05, 4.69) is 4.98 Å². The lowest BCUT2D eigenvalue weighted by Crippen LogP contribution is -2.30. The molecule has 19 heavy (non-hydrogen) atoms. The van der Waals surface area contributed by atoms with E-state index in [1.807, 2.05) is 32.0 Å². The molecule has 1 aliphatic heterocycles. The number of para-hydroxylation sites is 1. The van der Waals surface area contributed by atoms with Crippen LogP contribution in [-0.4, -0.2) is 15.3 Å². The molecule has 0 spiro atoms. The normalized spacial score (nSPS) is 17.9. The van der Waals surface area contributed by atoms with E-state index in [1.165, 1.54) is 0 Å². The molecule has 1 unspecified atom stereocenters. The maximum atomic E-state index is 12.5. The van der Waals surface area contributed by atoms with Gasteiger partial charge in [-0.3, -0.25) is 14.2 Å². The highest BCUT2D eigenvalue weighted by Gasteiger charge is 2.31. The van der Waals surface area contributed by atoms with Crippen molar-refractivity contribution < 1.29 is 4.79 Å². The number of fused-ring (bicyclic) bond motifs is 2. The van der Waals surface area contributed by atoms with E-state index >= 15 is 0 Å². The van der Waals surface area contributed by atoms with Crippen LogP contribution in [0.15, 0.2) is 29.1 Å². The molecule has 0 aliphatic carbocycles. The quantitative estimate of drug-likeness (QED) is 0.827. The summed E-state index contributed by atoms with van der Waals surface area (Å²) in [6.45, 7) is 3.75. The number of rotatable bonds is 2. The van der Waals surface area contributed by atoms with Gasteiger partial charge in [0.05, 0.1) is 16.9 Å². The van der Waals surface area contributed by atoms with Crippen molar-refractivity contribution in [1.82, 2.24) is 9.55 Å². The van der Waals surface area contributed by atoms with Gasteiger partial charge < -0.3 is 0 Å². The fourth-order valence-electron chi connectivity index (χ4n) is 2.74. The highest BCUT2D eigenvalue weighted by molar-refractivity contribution is 5.85. The number of carbonyl (C=O) groups is 1. The first-order valence-electron chi connectivity index (χ1n) is 6.63. The maximum absolute atomic E-state index is 12.5. The van der Waals surface area contributed by atoms with E-state index < -0.39 is 0 Å². The third-order valence-electron chi connectivity index (χ3n) is 3.73. The second-order valence-corrected chi connectivity index (χ2v) is 5.33. The van der Waals surface area contributed by atoms with Gasteiger partial charge in [0, 0.05) is 12.3 Å². The SMILES string of the molecule is CC(C)C(=O)C1CCc2nc3ccccc3c(=O)n21. The second-order valence-electron chi connectivity index (χ2n) is 5.33. The summed E-state index contributed by atoms with van der Waals surface area (Å²) in [5.41, 5.74) is 0.633. The molecule has 2 heterocycles. The first kappa shape index (κ1) is 12.1. The third kappa shape index (κ3) is 1.79. The Morgan fingerprint density at radius 3 is 2.84 bits per heavy atom. The van der Waals surface area contributed by atoms with Crippen LogP contribution in [0.3, 0.4) is 0 Å². The molecule has 4 heteroatoms. The minimum atomic E-state index is -0.334. The van der Waals surface area contributed by atoms with E-state index in [9.17, 15) is 9.59 Å². The lowest BCUT2D eigenvalue weighted by molar-refractivity contribution is -0.125. The molecule has 4 nitrogen and oxygen atoms in total. The zero-order valence-corrected chi connectivity index (χ0v) is 11.1. The predicted molar refractivity (Wildman–Crippen MR) is 73.2 cm³/mol. The van der Waals surface area contributed by atoms with Crippen molar-refractivity contribution in [1.29, 1.82) is 0 Å². The number of aryl methyl sites for hydroxylation is 1. The molecule has 0 N–H and O–H groups in total. The van der Waals surface area contributed by atoms with Gasteiger partial charge >= 0.3 is 0 Å². The summed E-state index contributed by atoms with van der Waals surface area (Å²) >= 11 is 0. The molecule has 0 amide bonds. The number of hydrogen-bond acceptors (Lipinski definition) is 3. The van der Waals surface area contributed by atoms with E-state index in [4.69, 9.17) is 0 Å². The van der Waals surface area contributed by atoms with Gasteiger partial charge in [0.1, 0.15) is 5.82 Å². The fourth-order valence-corrected chi connectivity index (χ4v) is 2.74. The molecule has 2 aromatic rings. The summed E-state index contributed by atoms with van der Waals surface area (Å²) in [6, 6.07) is 6.98. The average molecular weight is 256 g/mol. The van der Waals surface area contributed by atoms with Gasteiger partial charge in [-0.1, -0.05) is 26.0 Å². The zero-order chi connectivity index (χ0) is 13.6. The molecule has 0 radical (unpaired) electrons. The van der Waals surface area contributed by atoms with Crippen LogP contribution in [0.4, 0.5) is 0 Å². The van der Waals surface area contributed by atoms with E-state index in [1.54, 1.807) is 10.6 Å². The molecule has 98 valence electrons. The molecule has 1 aliphatic rings. The van der Waals surface area contributed by atoms with Gasteiger partial charge in [-0.25, -0.2) is 4.98 Å². The summed E-state index contributed by atoms with van der Waals surface area (Å²) in [4.78, 5) is 29.3. The van der Waals surface area contributed by atoms with Crippen molar-refractivity contribution in [2.75, 3.05) is 0 Å². The second kappa shape index (κ2) is 4.30. The van der Waals surface area contributed by atoms with Crippen molar-refractivity contribution in [2.24, 2.45) is 5.92 Å². The summed E-state index contributed by atoms with van der Waals surface area (Å²) < 4.78 is 1.60. The number of carbonyl (C=O) groups excluding carboxylic acids is 1. The molecule has 1 aromatic carbocycles. The Bertz CT molecular complexity index is 716. The minimum Gasteiger partial charge on any atom is -0.297 e. The Morgan fingerprint density at radius 2 is 2.11 bits per heavy atom. The molecule has 1 atom stereocenters. The van der Waals surface area contributed by atoms with Crippen LogP contribution >= 0.6 is 0 Å². The van der Waals surface area contributed by atoms with Gasteiger partial charge in [0.25, 0.3) is 5.56 Å². The summed E-state index contributed by atoms with van der Waals surface area (Å²) in [6.07, 6.45) is 1.39. The number of hydrogen-bond donors (Lipinski definition) is 0. The van der Waals surface area contributed by atoms with E-state index in [0.717, 1.165) is 11.3 Å². The third-order valence-corrected chi connectivity index (χ3v) is 3.73. The number of aromatic nitrogens is 2. The zero-order valence-electron chi connectivity index (χ0n) is 11.1. The summed E-state index contributed by atoms with van der Waals surface area (Å²) in [5.74, 6) is 0.801. The molecule has 1 aromatic heterocycles. The van der Waals surface area contributed by atoms with E-state index in [0.29, 0.717) is 18.2 Å². The van der Waals surface area contributed by atoms with Gasteiger partial charge in [0.15, 0.2) is 5.78 Å². The van der Waals surface area contributed by atoms with E-state index in [-0.39, 0.29) is 23.3 Å². The number of ketones is 1. The Balaban J connectivity index is 2.23. The predicted octanol–water partition coefficient (Wildman–Crippen LogP) is 2.11. The van der Waals surface area contributed by atoms with Crippen molar-refractivity contribution in [3.05, 3.63) is 40.4 Å². The number of nitrogens with zero attached hydrogens (tertiary/aromatic N) is 2. The highest BCUT2D eigenvalue weighted by Crippen LogP contribution is 2.26. The van der Waals surface area contributed by atoms with Crippen molar-refractivity contribution in [3.8, 4) is 0 Å². The molecular formula is C15H16N2O2. The topological polar surface area (TPSA) is 52.0 Å². The Labute approximate surface area is 111 Å². The lowest BCUT2D eigenvalue weighted by Gasteiger charge is -2.15. The van der Waals surface area contributed by atoms with Gasteiger partial charge in [-0.05, 0) is 18.6 Å². The van der Waals surface area contributed by atoms with Crippen LogP contribution in [0.5, 0.6) is 0 Å². The summed E-state index contributed by atoms with van der Waals surface area (Å²) in [7, 11) is 0. The van der Waals surface area contributed by atoms with Crippen LogP contribution in [0.1, 0.15) is 32.1 Å². The molecular weight excluding hydrogens is 240 g/mol. The highest BCUT2D eigenvalue weighted by atomic mass is 16.1. The largest absolute Gasteiger partial charge is 0.297 e. The van der Waals surface area contributed by atoms with Crippen LogP contribution in [0.25, 0.3) is 10.9 Å². The average Bonchev–Trinajstić information content (AvgIpc) is 2.82. The van der Waals surface area contributed by atoms with Gasteiger partial charge in [-0.2, -0.15) is 0 Å². The van der Waals surface area contributed by atoms with Crippen molar-refractivity contribution in [3.63, 3.8) is 0 Å². The molecule has 0 saturated heterocycles. The first-order chi connectivity index (χ1) is 9.09. The molecule has 3 rings (SSSR count). The lowest BCUT2D eigenvalue weighted by atomic mass is 10.0. The smallest absolute Gasteiger partial charge is 0.262 e. The molecule has 0 saturated carbocycles. The van der Waals surface area contributed by atoms with Crippen LogP contribution < -0.4 is 5.56 Å². The van der Waals surface area contributed by atoms with Crippen molar-refractivity contribution in [2.45, 2.75) is 32.7 Å². The summed E-state index contributed by atoms with van der Waals surface area (Å²) in [5, 5.41) is 0.592. The first-order valence-corrected chi connectivity index (χ1v) is 6.63. The number of Topliss-reactive ketones (excluding diaryl/α,β-unsaturated/α-hetero) is 1. The molecule has 0 bridgehead atoms. The van der Waals surface area contributed by atoms with Crippen molar-refractivity contribution >= 4 is 16.7 Å². The van der Waals surface area contributed by atoms with Gasteiger partial charge in [0.2, 0.25) is 0 Å².